The molecular formula is C11H15ClFNO. The standard InChI is InChI=1S/C11H15ClFNO/c1-7(2)15-11(6-14)9-5-8(12)3-4-10(9)13/h3-5,7,11H,6,14H2,1-2H3. The van der Waals surface area contributed by atoms with E-state index in [9.17, 15) is 4.39 Å². The van der Waals surface area contributed by atoms with Gasteiger partial charge in [0.05, 0.1) is 12.2 Å². The highest BCUT2D eigenvalue weighted by Crippen LogP contribution is 2.24. The van der Waals surface area contributed by atoms with Crippen LogP contribution in [-0.4, -0.2) is 12.6 Å². The van der Waals surface area contributed by atoms with E-state index < -0.39 is 6.10 Å². The highest BCUT2D eigenvalue weighted by Gasteiger charge is 2.16. The van der Waals surface area contributed by atoms with Gasteiger partial charge in [-0.1, -0.05) is 11.6 Å². The van der Waals surface area contributed by atoms with Gasteiger partial charge in [-0.3, -0.25) is 0 Å². The molecule has 2 N–H and O–H groups in total. The molecule has 1 aromatic rings. The van der Waals surface area contributed by atoms with Gasteiger partial charge in [-0.15, -0.1) is 0 Å². The molecule has 2 nitrogen and oxygen atoms in total. The topological polar surface area (TPSA) is 35.2 Å². The summed E-state index contributed by atoms with van der Waals surface area (Å²) in [4.78, 5) is 0. The second-order valence-corrected chi connectivity index (χ2v) is 4.01. The Labute approximate surface area is 94.2 Å². The lowest BCUT2D eigenvalue weighted by Crippen LogP contribution is -2.20. The summed E-state index contributed by atoms with van der Waals surface area (Å²) in [6.07, 6.45) is -0.444. The maximum absolute atomic E-state index is 13.5. The summed E-state index contributed by atoms with van der Waals surface area (Å²) in [6, 6.07) is 4.38. The normalized spacial score (nSPS) is 13.2. The van der Waals surface area contributed by atoms with Crippen LogP contribution >= 0.6 is 11.6 Å². The summed E-state index contributed by atoms with van der Waals surface area (Å²) in [5.41, 5.74) is 5.95. The molecule has 0 fully saturated rings. The maximum Gasteiger partial charge on any atom is 0.129 e. The fourth-order valence-corrected chi connectivity index (χ4v) is 1.53. The second kappa shape index (κ2) is 5.45. The highest BCUT2D eigenvalue weighted by molar-refractivity contribution is 6.30. The second-order valence-electron chi connectivity index (χ2n) is 3.58. The molecule has 0 spiro atoms. The van der Waals surface area contributed by atoms with Gasteiger partial charge >= 0.3 is 0 Å². The quantitative estimate of drug-likeness (QED) is 0.865. The smallest absolute Gasteiger partial charge is 0.129 e. The van der Waals surface area contributed by atoms with E-state index in [1.807, 2.05) is 13.8 Å². The molecule has 0 aliphatic heterocycles. The molecule has 84 valence electrons. The van der Waals surface area contributed by atoms with Crippen molar-refractivity contribution in [2.75, 3.05) is 6.54 Å². The maximum atomic E-state index is 13.5. The van der Waals surface area contributed by atoms with Gasteiger partial charge in [0.15, 0.2) is 0 Å². The number of nitrogens with two attached hydrogens (primary N) is 1. The molecule has 0 bridgehead atoms. The van der Waals surface area contributed by atoms with Gasteiger partial charge in [0.25, 0.3) is 0 Å². The van der Waals surface area contributed by atoms with Crippen molar-refractivity contribution in [1.29, 1.82) is 0 Å². The van der Waals surface area contributed by atoms with Gasteiger partial charge in [-0.2, -0.15) is 0 Å². The van der Waals surface area contributed by atoms with Crippen molar-refractivity contribution in [2.24, 2.45) is 5.73 Å². The molecule has 0 saturated carbocycles. The molecule has 0 radical (unpaired) electrons. The Hall–Kier alpha value is -0.640. The Balaban J connectivity index is 2.95. The minimum atomic E-state index is -0.441. The highest BCUT2D eigenvalue weighted by atomic mass is 35.5. The molecule has 0 heterocycles. The van der Waals surface area contributed by atoms with Gasteiger partial charge in [-0.05, 0) is 32.0 Å². The van der Waals surface area contributed by atoms with Crippen molar-refractivity contribution in [3.63, 3.8) is 0 Å². The number of ether oxygens (including phenoxy) is 1. The first-order valence-corrected chi connectivity index (χ1v) is 5.23. The van der Waals surface area contributed by atoms with Gasteiger partial charge < -0.3 is 10.5 Å². The lowest BCUT2D eigenvalue weighted by atomic mass is 10.1. The van der Waals surface area contributed by atoms with Crippen LogP contribution in [0.2, 0.25) is 5.02 Å². The third-order valence-electron chi connectivity index (χ3n) is 1.96. The minimum absolute atomic E-state index is 0.00284. The lowest BCUT2D eigenvalue weighted by Gasteiger charge is -2.19. The summed E-state index contributed by atoms with van der Waals surface area (Å²) >= 11 is 5.79. The van der Waals surface area contributed by atoms with Gasteiger partial charge in [0, 0.05) is 17.1 Å². The molecule has 0 aromatic heterocycles. The molecular weight excluding hydrogens is 217 g/mol. The summed E-state index contributed by atoms with van der Waals surface area (Å²) < 4.78 is 19.0. The van der Waals surface area contributed by atoms with Crippen molar-refractivity contribution in [3.05, 3.63) is 34.6 Å². The molecule has 15 heavy (non-hydrogen) atoms. The van der Waals surface area contributed by atoms with Gasteiger partial charge in [-0.25, -0.2) is 4.39 Å². The molecule has 0 saturated heterocycles. The molecule has 1 rings (SSSR count). The average molecular weight is 232 g/mol. The summed E-state index contributed by atoms with van der Waals surface area (Å²) in [6.45, 7) is 3.99. The third kappa shape index (κ3) is 3.45. The van der Waals surface area contributed by atoms with Crippen molar-refractivity contribution in [2.45, 2.75) is 26.1 Å². The fraction of sp³-hybridized carbons (Fsp3) is 0.455. The lowest BCUT2D eigenvalue weighted by molar-refractivity contribution is 0.0101. The van der Waals surface area contributed by atoms with Crippen LogP contribution in [0.1, 0.15) is 25.5 Å². The van der Waals surface area contributed by atoms with Crippen LogP contribution in [0.3, 0.4) is 0 Å². The predicted octanol–water partition coefficient (Wildman–Crippen LogP) is 2.90. The summed E-state index contributed by atoms with van der Waals surface area (Å²) in [7, 11) is 0. The van der Waals surface area contributed by atoms with Crippen LogP contribution in [0.15, 0.2) is 18.2 Å². The number of hydrogen-bond donors (Lipinski definition) is 1. The van der Waals surface area contributed by atoms with Crippen LogP contribution < -0.4 is 5.73 Å². The zero-order chi connectivity index (χ0) is 11.4. The molecule has 0 aliphatic rings. The molecule has 0 amide bonds. The van der Waals surface area contributed by atoms with E-state index in [-0.39, 0.29) is 18.5 Å². The largest absolute Gasteiger partial charge is 0.369 e. The zero-order valence-electron chi connectivity index (χ0n) is 8.84. The van der Waals surface area contributed by atoms with Crippen LogP contribution in [0, 0.1) is 5.82 Å². The Bertz CT molecular complexity index is 330. The van der Waals surface area contributed by atoms with E-state index in [2.05, 4.69) is 0 Å². The van der Waals surface area contributed by atoms with Crippen LogP contribution in [0.5, 0.6) is 0 Å². The number of benzene rings is 1. The number of hydrogen-bond acceptors (Lipinski definition) is 2. The molecule has 4 heteroatoms. The third-order valence-corrected chi connectivity index (χ3v) is 2.19. The van der Waals surface area contributed by atoms with Gasteiger partial charge in [0.2, 0.25) is 0 Å². The van der Waals surface area contributed by atoms with E-state index in [0.29, 0.717) is 10.6 Å². The fourth-order valence-electron chi connectivity index (χ4n) is 1.35. The number of halogens is 2. The van der Waals surface area contributed by atoms with Crippen molar-refractivity contribution in [1.82, 2.24) is 0 Å². The first kappa shape index (κ1) is 12.4. The Kier molecular flexibility index (Phi) is 4.51. The van der Waals surface area contributed by atoms with Crippen LogP contribution in [-0.2, 0) is 4.74 Å². The molecule has 1 unspecified atom stereocenters. The van der Waals surface area contributed by atoms with Crippen LogP contribution in [0.25, 0.3) is 0 Å². The van der Waals surface area contributed by atoms with Gasteiger partial charge in [0.1, 0.15) is 5.82 Å². The van der Waals surface area contributed by atoms with Crippen molar-refractivity contribution >= 4 is 11.6 Å². The molecule has 0 aliphatic carbocycles. The Morgan fingerprint density at radius 2 is 2.13 bits per heavy atom. The Morgan fingerprint density at radius 1 is 1.47 bits per heavy atom. The van der Waals surface area contributed by atoms with E-state index in [0.717, 1.165) is 0 Å². The van der Waals surface area contributed by atoms with E-state index >= 15 is 0 Å². The monoisotopic (exact) mass is 231 g/mol. The average Bonchev–Trinajstić information content (AvgIpc) is 2.18. The minimum Gasteiger partial charge on any atom is -0.369 e. The van der Waals surface area contributed by atoms with Crippen LogP contribution in [0.4, 0.5) is 4.39 Å². The first-order valence-electron chi connectivity index (χ1n) is 4.85. The van der Waals surface area contributed by atoms with E-state index in [4.69, 9.17) is 22.1 Å². The van der Waals surface area contributed by atoms with Crippen molar-refractivity contribution < 1.29 is 9.13 Å². The molecule has 1 atom stereocenters. The Morgan fingerprint density at radius 3 is 2.67 bits per heavy atom. The first-order chi connectivity index (χ1) is 7.04. The van der Waals surface area contributed by atoms with E-state index in [1.54, 1.807) is 6.07 Å². The SMILES string of the molecule is CC(C)OC(CN)c1cc(Cl)ccc1F. The predicted molar refractivity (Wildman–Crippen MR) is 59.4 cm³/mol. The summed E-state index contributed by atoms with van der Waals surface area (Å²) in [5.74, 6) is -0.337. The molecule has 1 aromatic carbocycles. The zero-order valence-corrected chi connectivity index (χ0v) is 9.59. The summed E-state index contributed by atoms with van der Waals surface area (Å²) in [5, 5.41) is 0.484. The van der Waals surface area contributed by atoms with Crippen molar-refractivity contribution in [3.8, 4) is 0 Å². The number of rotatable bonds is 4. The van der Waals surface area contributed by atoms with E-state index in [1.165, 1.54) is 12.1 Å².